The molecule has 1 aliphatic carbocycles. The topological polar surface area (TPSA) is 45.2 Å². The number of rotatable bonds is 5. The van der Waals surface area contributed by atoms with E-state index in [2.05, 4.69) is 41.4 Å². The molecule has 1 aliphatic heterocycles. The summed E-state index contributed by atoms with van der Waals surface area (Å²) in [7, 11) is 0. The molecule has 1 atom stereocenters. The number of thiazole rings is 1. The van der Waals surface area contributed by atoms with Crippen LogP contribution in [-0.4, -0.2) is 41.5 Å². The first-order valence-electron chi connectivity index (χ1n) is 10.6. The van der Waals surface area contributed by atoms with Gasteiger partial charge in [0, 0.05) is 12.5 Å². The number of fused-ring (bicyclic) bond motifs is 1. The first-order chi connectivity index (χ1) is 13.2. The van der Waals surface area contributed by atoms with Crippen molar-refractivity contribution in [1.82, 2.24) is 15.2 Å². The van der Waals surface area contributed by atoms with Gasteiger partial charge in [0.2, 0.25) is 5.91 Å². The molecule has 1 N–H and O–H groups in total. The first-order valence-corrected chi connectivity index (χ1v) is 11.4. The van der Waals surface area contributed by atoms with Crippen LogP contribution in [0.25, 0.3) is 10.2 Å². The van der Waals surface area contributed by atoms with Gasteiger partial charge in [0.25, 0.3) is 0 Å². The summed E-state index contributed by atoms with van der Waals surface area (Å²) in [5.74, 6) is 1.44. The van der Waals surface area contributed by atoms with E-state index in [9.17, 15) is 4.79 Å². The van der Waals surface area contributed by atoms with Crippen LogP contribution in [0, 0.1) is 5.92 Å². The highest BCUT2D eigenvalue weighted by Crippen LogP contribution is 2.34. The average molecular weight is 386 g/mol. The van der Waals surface area contributed by atoms with Crippen LogP contribution in [0.4, 0.5) is 0 Å². The summed E-state index contributed by atoms with van der Waals surface area (Å²) in [6.45, 7) is 4.90. The molecular weight excluding hydrogens is 354 g/mol. The molecular formula is C22H31N3OS. The number of aromatic nitrogens is 1. The first kappa shape index (κ1) is 18.9. The number of hydrogen-bond acceptors (Lipinski definition) is 4. The summed E-state index contributed by atoms with van der Waals surface area (Å²) in [4.78, 5) is 19.8. The second kappa shape index (κ2) is 8.70. The van der Waals surface area contributed by atoms with Crippen LogP contribution in [0.5, 0.6) is 0 Å². The highest BCUT2D eigenvalue weighted by atomic mass is 32.1. The molecule has 1 aromatic carbocycles. The van der Waals surface area contributed by atoms with Crippen molar-refractivity contribution in [2.24, 2.45) is 5.92 Å². The Morgan fingerprint density at radius 2 is 1.93 bits per heavy atom. The maximum absolute atomic E-state index is 12.6. The lowest BCUT2D eigenvalue weighted by molar-refractivity contribution is -0.126. The summed E-state index contributed by atoms with van der Waals surface area (Å²) < 4.78 is 1.28. The number of hydrogen-bond donors (Lipinski definition) is 1. The van der Waals surface area contributed by atoms with E-state index in [-0.39, 0.29) is 11.9 Å². The Morgan fingerprint density at radius 1 is 1.19 bits per heavy atom. The number of likely N-dealkylation sites (tertiary alicyclic amines) is 1. The Labute approximate surface area is 166 Å². The van der Waals surface area contributed by atoms with E-state index in [0.29, 0.717) is 11.8 Å². The quantitative estimate of drug-likeness (QED) is 0.820. The Morgan fingerprint density at radius 3 is 2.67 bits per heavy atom. The van der Waals surface area contributed by atoms with Crippen molar-refractivity contribution >= 4 is 27.5 Å². The zero-order chi connectivity index (χ0) is 18.6. The van der Waals surface area contributed by atoms with Crippen LogP contribution in [0.2, 0.25) is 0 Å². The number of nitrogens with zero attached hydrogens (tertiary/aromatic N) is 2. The third kappa shape index (κ3) is 4.52. The van der Waals surface area contributed by atoms with E-state index < -0.39 is 0 Å². The summed E-state index contributed by atoms with van der Waals surface area (Å²) in [5, 5.41) is 4.49. The Bertz CT molecular complexity index is 727. The molecule has 146 valence electrons. The maximum Gasteiger partial charge on any atom is 0.237 e. The number of carbonyl (C=O) groups excluding carboxylic acids is 1. The lowest BCUT2D eigenvalue weighted by Crippen LogP contribution is -2.48. The Hall–Kier alpha value is -1.46. The van der Waals surface area contributed by atoms with Gasteiger partial charge in [-0.25, -0.2) is 4.98 Å². The fraction of sp³-hybridized carbons (Fsp3) is 0.636. The fourth-order valence-corrected chi connectivity index (χ4v) is 5.68. The Kier molecular flexibility index (Phi) is 6.08. The van der Waals surface area contributed by atoms with Gasteiger partial charge < -0.3 is 5.32 Å². The number of nitrogens with one attached hydrogen (secondary N) is 1. The lowest BCUT2D eigenvalue weighted by atomic mass is 9.89. The predicted octanol–water partition coefficient (Wildman–Crippen LogP) is 4.56. The van der Waals surface area contributed by atoms with Gasteiger partial charge in [-0.15, -0.1) is 11.3 Å². The van der Waals surface area contributed by atoms with Gasteiger partial charge in [0.15, 0.2) is 0 Å². The molecule has 2 aliphatic rings. The molecule has 4 nitrogen and oxygen atoms in total. The molecule has 2 fully saturated rings. The standard InChI is InChI=1S/C22H31N3OS/c1-16(21(26)23-15-17-7-3-2-4-8-17)25-13-11-18(12-14-25)22-24-19-9-5-6-10-20(19)27-22/h5-6,9-10,16-18H,2-4,7-8,11-15H2,1H3,(H,23,26)/t16-/m1/s1. The molecule has 27 heavy (non-hydrogen) atoms. The average Bonchev–Trinajstić information content (AvgIpc) is 3.16. The molecule has 0 unspecified atom stereocenters. The Balaban J connectivity index is 1.27. The van der Waals surface area contributed by atoms with E-state index in [1.165, 1.54) is 41.8 Å². The normalized spacial score (nSPS) is 21.4. The van der Waals surface area contributed by atoms with Crippen molar-refractivity contribution in [2.45, 2.75) is 63.8 Å². The van der Waals surface area contributed by atoms with Gasteiger partial charge in [0.05, 0.1) is 21.3 Å². The molecule has 0 radical (unpaired) electrons. The summed E-state index contributed by atoms with van der Waals surface area (Å²) in [6.07, 6.45) is 8.78. The van der Waals surface area contributed by atoms with Gasteiger partial charge >= 0.3 is 0 Å². The van der Waals surface area contributed by atoms with Crippen LogP contribution in [0.3, 0.4) is 0 Å². The van der Waals surface area contributed by atoms with E-state index in [1.807, 2.05) is 11.3 Å². The minimum atomic E-state index is -0.0232. The minimum absolute atomic E-state index is 0.0232. The number of carbonyl (C=O) groups is 1. The van der Waals surface area contributed by atoms with Gasteiger partial charge in [-0.1, -0.05) is 31.4 Å². The van der Waals surface area contributed by atoms with Crippen molar-refractivity contribution in [3.05, 3.63) is 29.3 Å². The van der Waals surface area contributed by atoms with Crippen molar-refractivity contribution in [3.63, 3.8) is 0 Å². The molecule has 1 aromatic heterocycles. The SMILES string of the molecule is C[C@H](C(=O)NCC1CCCCC1)N1CCC(c2nc3ccccc3s2)CC1. The summed E-state index contributed by atoms with van der Waals surface area (Å²) in [6, 6.07) is 8.38. The molecule has 4 rings (SSSR count). The third-order valence-corrected chi connectivity index (χ3v) is 7.60. The molecule has 1 saturated carbocycles. The number of piperidine rings is 1. The zero-order valence-electron chi connectivity index (χ0n) is 16.3. The smallest absolute Gasteiger partial charge is 0.237 e. The van der Waals surface area contributed by atoms with E-state index in [1.54, 1.807) is 0 Å². The summed E-state index contributed by atoms with van der Waals surface area (Å²) >= 11 is 1.83. The van der Waals surface area contributed by atoms with Crippen molar-refractivity contribution < 1.29 is 4.79 Å². The minimum Gasteiger partial charge on any atom is -0.354 e. The monoisotopic (exact) mass is 385 g/mol. The molecule has 1 amide bonds. The second-order valence-corrected chi connectivity index (χ2v) is 9.32. The molecule has 5 heteroatoms. The molecule has 0 bridgehead atoms. The van der Waals surface area contributed by atoms with Gasteiger partial charge in [0.1, 0.15) is 0 Å². The van der Waals surface area contributed by atoms with Gasteiger partial charge in [-0.3, -0.25) is 9.69 Å². The van der Waals surface area contributed by atoms with Crippen molar-refractivity contribution in [2.75, 3.05) is 19.6 Å². The lowest BCUT2D eigenvalue weighted by Gasteiger charge is -2.35. The highest BCUT2D eigenvalue weighted by molar-refractivity contribution is 7.18. The van der Waals surface area contributed by atoms with Gasteiger partial charge in [-0.2, -0.15) is 0 Å². The van der Waals surface area contributed by atoms with Crippen LogP contribution >= 0.6 is 11.3 Å². The molecule has 2 heterocycles. The number of para-hydroxylation sites is 1. The van der Waals surface area contributed by atoms with Crippen molar-refractivity contribution in [3.8, 4) is 0 Å². The fourth-order valence-electron chi connectivity index (χ4n) is 4.55. The highest BCUT2D eigenvalue weighted by Gasteiger charge is 2.29. The number of amides is 1. The largest absolute Gasteiger partial charge is 0.354 e. The van der Waals surface area contributed by atoms with Gasteiger partial charge in [-0.05, 0) is 63.7 Å². The van der Waals surface area contributed by atoms with Crippen LogP contribution in [0.15, 0.2) is 24.3 Å². The van der Waals surface area contributed by atoms with E-state index in [0.717, 1.165) is 38.0 Å². The maximum atomic E-state index is 12.6. The number of benzene rings is 1. The predicted molar refractivity (Wildman–Crippen MR) is 112 cm³/mol. The second-order valence-electron chi connectivity index (χ2n) is 8.26. The molecule has 2 aromatic rings. The van der Waals surface area contributed by atoms with Crippen LogP contribution < -0.4 is 5.32 Å². The summed E-state index contributed by atoms with van der Waals surface area (Å²) in [5.41, 5.74) is 1.12. The molecule has 0 spiro atoms. The van der Waals surface area contributed by atoms with E-state index in [4.69, 9.17) is 4.98 Å². The van der Waals surface area contributed by atoms with Crippen LogP contribution in [-0.2, 0) is 4.79 Å². The van der Waals surface area contributed by atoms with Crippen molar-refractivity contribution in [1.29, 1.82) is 0 Å². The zero-order valence-corrected chi connectivity index (χ0v) is 17.1. The van der Waals surface area contributed by atoms with E-state index >= 15 is 0 Å². The third-order valence-electron chi connectivity index (χ3n) is 6.41. The van der Waals surface area contributed by atoms with Crippen LogP contribution in [0.1, 0.15) is 62.8 Å². The molecule has 1 saturated heterocycles.